The monoisotopic (exact) mass is 241 g/mol. The van der Waals surface area contributed by atoms with Crippen LogP contribution in [0.1, 0.15) is 18.9 Å². The van der Waals surface area contributed by atoms with E-state index in [1.165, 1.54) is 0 Å². The fourth-order valence-corrected chi connectivity index (χ4v) is 1.70. The quantitative estimate of drug-likeness (QED) is 0.771. The van der Waals surface area contributed by atoms with Crippen molar-refractivity contribution in [2.45, 2.75) is 13.3 Å². The number of hydrogen-bond acceptors (Lipinski definition) is 3. The molecule has 0 aliphatic heterocycles. The Morgan fingerprint density at radius 3 is 3.11 bits per heavy atom. The summed E-state index contributed by atoms with van der Waals surface area (Å²) in [7, 11) is 0. The second-order valence-corrected chi connectivity index (χ2v) is 3.87. The van der Waals surface area contributed by atoms with E-state index in [1.54, 1.807) is 13.1 Å². The minimum absolute atomic E-state index is 0.201. The van der Waals surface area contributed by atoms with Crippen molar-refractivity contribution in [2.24, 2.45) is 0 Å². The molecule has 18 heavy (non-hydrogen) atoms. The zero-order chi connectivity index (χ0) is 12.8. The third-order valence-electron chi connectivity index (χ3n) is 2.53. The van der Waals surface area contributed by atoms with E-state index in [-0.39, 0.29) is 5.97 Å². The first kappa shape index (κ1) is 12.3. The highest BCUT2D eigenvalue weighted by Gasteiger charge is 1.97. The van der Waals surface area contributed by atoms with Crippen molar-refractivity contribution in [3.63, 3.8) is 0 Å². The zero-order valence-electron chi connectivity index (χ0n) is 10.3. The Balaban J connectivity index is 2.07. The van der Waals surface area contributed by atoms with Gasteiger partial charge in [0.25, 0.3) is 0 Å². The molecule has 1 aromatic carbocycles. The molecule has 3 heteroatoms. The predicted molar refractivity (Wildman–Crippen MR) is 72.0 cm³/mol. The van der Waals surface area contributed by atoms with Crippen molar-refractivity contribution >= 4 is 22.9 Å². The average Bonchev–Trinajstić information content (AvgIpc) is 2.39. The van der Waals surface area contributed by atoms with Crippen molar-refractivity contribution in [1.29, 1.82) is 0 Å². The van der Waals surface area contributed by atoms with E-state index in [0.29, 0.717) is 13.0 Å². The standard InChI is InChI=1S/C15H15NO2/c1-2-18-15(17)7-3-5-12-8-9-13-6-4-10-16-14(13)11-12/h3-6,8-11H,2,7H2,1H3. The topological polar surface area (TPSA) is 39.2 Å². The summed E-state index contributed by atoms with van der Waals surface area (Å²) in [5, 5.41) is 1.11. The van der Waals surface area contributed by atoms with Gasteiger partial charge in [0.05, 0.1) is 18.5 Å². The van der Waals surface area contributed by atoms with E-state index in [4.69, 9.17) is 4.74 Å². The number of ether oxygens (including phenoxy) is 1. The lowest BCUT2D eigenvalue weighted by Gasteiger charge is -1.99. The van der Waals surface area contributed by atoms with Gasteiger partial charge >= 0.3 is 5.97 Å². The van der Waals surface area contributed by atoms with E-state index >= 15 is 0 Å². The fraction of sp³-hybridized carbons (Fsp3) is 0.200. The molecule has 3 nitrogen and oxygen atoms in total. The minimum atomic E-state index is -0.201. The largest absolute Gasteiger partial charge is 0.466 e. The maximum Gasteiger partial charge on any atom is 0.309 e. The molecule has 1 aromatic heterocycles. The van der Waals surface area contributed by atoms with Crippen LogP contribution >= 0.6 is 0 Å². The van der Waals surface area contributed by atoms with Gasteiger partial charge in [-0.25, -0.2) is 0 Å². The summed E-state index contributed by atoms with van der Waals surface area (Å²) in [6.07, 6.45) is 5.79. The predicted octanol–water partition coefficient (Wildman–Crippen LogP) is 3.20. The molecular weight excluding hydrogens is 226 g/mol. The van der Waals surface area contributed by atoms with E-state index in [0.717, 1.165) is 16.5 Å². The highest BCUT2D eigenvalue weighted by Crippen LogP contribution is 2.14. The molecule has 0 bridgehead atoms. The lowest BCUT2D eigenvalue weighted by atomic mass is 10.1. The molecule has 1 heterocycles. The van der Waals surface area contributed by atoms with Crippen molar-refractivity contribution in [1.82, 2.24) is 4.98 Å². The van der Waals surface area contributed by atoms with E-state index in [9.17, 15) is 4.79 Å². The molecule has 0 fully saturated rings. The van der Waals surface area contributed by atoms with Crippen LogP contribution < -0.4 is 0 Å². The number of aromatic nitrogens is 1. The van der Waals surface area contributed by atoms with Gasteiger partial charge in [-0.3, -0.25) is 9.78 Å². The van der Waals surface area contributed by atoms with E-state index in [1.807, 2.05) is 42.5 Å². The molecule has 0 saturated heterocycles. The smallest absolute Gasteiger partial charge is 0.309 e. The molecule has 92 valence electrons. The lowest BCUT2D eigenvalue weighted by Crippen LogP contribution is -2.01. The SMILES string of the molecule is CCOC(=O)CC=Cc1ccc2cccnc2c1. The second kappa shape index (κ2) is 5.96. The lowest BCUT2D eigenvalue weighted by molar-refractivity contribution is -0.142. The third kappa shape index (κ3) is 3.17. The van der Waals surface area contributed by atoms with Crippen molar-refractivity contribution < 1.29 is 9.53 Å². The van der Waals surface area contributed by atoms with Crippen LogP contribution in [0.5, 0.6) is 0 Å². The van der Waals surface area contributed by atoms with Crippen LogP contribution in [0, 0.1) is 0 Å². The number of carbonyl (C=O) groups excluding carboxylic acids is 1. The number of nitrogens with zero attached hydrogens (tertiary/aromatic N) is 1. The Labute approximate surface area is 106 Å². The van der Waals surface area contributed by atoms with Crippen molar-refractivity contribution in [3.05, 3.63) is 48.2 Å². The molecule has 0 saturated carbocycles. The van der Waals surface area contributed by atoms with Crippen LogP contribution in [0.15, 0.2) is 42.6 Å². The van der Waals surface area contributed by atoms with Crippen LogP contribution in [0.3, 0.4) is 0 Å². The molecule has 0 atom stereocenters. The molecule has 0 aliphatic carbocycles. The molecule has 0 spiro atoms. The summed E-state index contributed by atoms with van der Waals surface area (Å²) in [6.45, 7) is 2.23. The first-order chi connectivity index (χ1) is 8.79. The van der Waals surface area contributed by atoms with Crippen LogP contribution in [0.25, 0.3) is 17.0 Å². The molecular formula is C15H15NO2. The fourth-order valence-electron chi connectivity index (χ4n) is 1.70. The minimum Gasteiger partial charge on any atom is -0.466 e. The summed E-state index contributed by atoms with van der Waals surface area (Å²) < 4.78 is 4.85. The number of fused-ring (bicyclic) bond motifs is 1. The van der Waals surface area contributed by atoms with Crippen LogP contribution in [-0.2, 0) is 9.53 Å². The molecule has 0 radical (unpaired) electrons. The molecule has 2 rings (SSSR count). The Bertz CT molecular complexity index is 575. The summed E-state index contributed by atoms with van der Waals surface area (Å²) in [4.78, 5) is 15.4. The van der Waals surface area contributed by atoms with Crippen LogP contribution in [-0.4, -0.2) is 17.6 Å². The number of rotatable bonds is 4. The Hall–Kier alpha value is -2.16. The third-order valence-corrected chi connectivity index (χ3v) is 2.53. The Kier molecular flexibility index (Phi) is 4.07. The first-order valence-electron chi connectivity index (χ1n) is 5.96. The summed E-state index contributed by atoms with van der Waals surface area (Å²) in [6, 6.07) is 9.96. The summed E-state index contributed by atoms with van der Waals surface area (Å²) in [5.41, 5.74) is 1.99. The maximum absolute atomic E-state index is 11.2. The summed E-state index contributed by atoms with van der Waals surface area (Å²) in [5.74, 6) is -0.201. The van der Waals surface area contributed by atoms with Gasteiger partial charge in [0.2, 0.25) is 0 Å². The second-order valence-electron chi connectivity index (χ2n) is 3.87. The Morgan fingerprint density at radius 1 is 1.39 bits per heavy atom. The van der Waals surface area contributed by atoms with Crippen LogP contribution in [0.2, 0.25) is 0 Å². The number of benzene rings is 1. The van der Waals surface area contributed by atoms with Gasteiger partial charge in [-0.2, -0.15) is 0 Å². The zero-order valence-corrected chi connectivity index (χ0v) is 10.3. The van der Waals surface area contributed by atoms with Crippen molar-refractivity contribution in [2.75, 3.05) is 6.61 Å². The van der Waals surface area contributed by atoms with Gasteiger partial charge in [-0.1, -0.05) is 30.4 Å². The number of pyridine rings is 1. The molecule has 0 aliphatic rings. The summed E-state index contributed by atoms with van der Waals surface area (Å²) >= 11 is 0. The van der Waals surface area contributed by atoms with Crippen molar-refractivity contribution in [3.8, 4) is 0 Å². The van der Waals surface area contributed by atoms with Crippen LogP contribution in [0.4, 0.5) is 0 Å². The highest BCUT2D eigenvalue weighted by molar-refractivity contribution is 5.81. The molecule has 2 aromatic rings. The maximum atomic E-state index is 11.2. The number of esters is 1. The van der Waals surface area contributed by atoms with Gasteiger partial charge < -0.3 is 4.74 Å². The van der Waals surface area contributed by atoms with E-state index < -0.39 is 0 Å². The van der Waals surface area contributed by atoms with E-state index in [2.05, 4.69) is 4.98 Å². The van der Waals surface area contributed by atoms with Gasteiger partial charge in [-0.05, 0) is 24.6 Å². The van der Waals surface area contributed by atoms with Gasteiger partial charge in [0, 0.05) is 11.6 Å². The number of hydrogen-bond donors (Lipinski definition) is 0. The first-order valence-corrected chi connectivity index (χ1v) is 5.96. The Morgan fingerprint density at radius 2 is 2.28 bits per heavy atom. The highest BCUT2D eigenvalue weighted by atomic mass is 16.5. The average molecular weight is 241 g/mol. The normalized spacial score (nSPS) is 10.9. The number of carbonyl (C=O) groups is 1. The molecule has 0 unspecified atom stereocenters. The van der Waals surface area contributed by atoms with Gasteiger partial charge in [0.1, 0.15) is 0 Å². The molecule has 0 amide bonds. The van der Waals surface area contributed by atoms with Gasteiger partial charge in [0.15, 0.2) is 0 Å². The van der Waals surface area contributed by atoms with Gasteiger partial charge in [-0.15, -0.1) is 0 Å². The molecule has 0 N–H and O–H groups in total.